The number of carbonyl (C=O) groups excluding carboxylic acids is 1. The van der Waals surface area contributed by atoms with Crippen LogP contribution in [0.4, 0.5) is 0 Å². The van der Waals surface area contributed by atoms with Crippen molar-refractivity contribution in [2.75, 3.05) is 19.6 Å². The van der Waals surface area contributed by atoms with E-state index in [4.69, 9.17) is 0 Å². The zero-order chi connectivity index (χ0) is 11.9. The summed E-state index contributed by atoms with van der Waals surface area (Å²) >= 11 is 0. The molecular formula is C13H24N2O. The third-order valence-corrected chi connectivity index (χ3v) is 4.23. The van der Waals surface area contributed by atoms with Crippen molar-refractivity contribution in [2.45, 2.75) is 52.1 Å². The van der Waals surface area contributed by atoms with Crippen molar-refractivity contribution in [3.63, 3.8) is 0 Å². The monoisotopic (exact) mass is 224 g/mol. The van der Waals surface area contributed by atoms with Gasteiger partial charge in [-0.3, -0.25) is 9.69 Å². The molecule has 0 radical (unpaired) electrons. The molecule has 3 heteroatoms. The lowest BCUT2D eigenvalue weighted by Gasteiger charge is -2.51. The topological polar surface area (TPSA) is 23.6 Å². The molecule has 2 heterocycles. The minimum Gasteiger partial charge on any atom is -0.335 e. The molecule has 2 rings (SSSR count). The van der Waals surface area contributed by atoms with Gasteiger partial charge in [-0.05, 0) is 26.7 Å². The van der Waals surface area contributed by atoms with E-state index in [-0.39, 0.29) is 11.5 Å². The highest BCUT2D eigenvalue weighted by Gasteiger charge is 2.51. The van der Waals surface area contributed by atoms with Crippen LogP contribution < -0.4 is 0 Å². The lowest BCUT2D eigenvalue weighted by Crippen LogP contribution is -2.64. The molecule has 3 nitrogen and oxygen atoms in total. The van der Waals surface area contributed by atoms with Gasteiger partial charge >= 0.3 is 0 Å². The Balaban J connectivity index is 2.03. The number of amides is 1. The van der Waals surface area contributed by atoms with Crippen molar-refractivity contribution in [2.24, 2.45) is 5.92 Å². The summed E-state index contributed by atoms with van der Waals surface area (Å²) in [5.41, 5.74) is 0.200. The van der Waals surface area contributed by atoms with Crippen LogP contribution in [0.1, 0.15) is 40.5 Å². The summed E-state index contributed by atoms with van der Waals surface area (Å²) in [5.74, 6) is 0.488. The summed E-state index contributed by atoms with van der Waals surface area (Å²) in [7, 11) is 0. The van der Waals surface area contributed by atoms with Crippen molar-refractivity contribution < 1.29 is 4.79 Å². The Kier molecular flexibility index (Phi) is 2.99. The smallest absolute Gasteiger partial charge is 0.225 e. The molecule has 0 aromatic rings. The molecule has 0 bridgehead atoms. The fraction of sp³-hybridized carbons (Fsp3) is 0.923. The lowest BCUT2D eigenvalue weighted by molar-refractivity contribution is -0.150. The Bertz CT molecular complexity index is 288. The van der Waals surface area contributed by atoms with Gasteiger partial charge in [-0.15, -0.1) is 0 Å². The maximum absolute atomic E-state index is 12.1. The standard InChI is InChI=1S/C13H24N2O/c1-10(2)12(16)15-8-6-13(15)5-7-14(9-13)11(3)4/h10-11H,5-9H2,1-4H3. The Hall–Kier alpha value is -0.570. The minimum absolute atomic E-state index is 0.144. The van der Waals surface area contributed by atoms with Gasteiger partial charge in [-0.1, -0.05) is 13.8 Å². The van der Waals surface area contributed by atoms with Crippen molar-refractivity contribution >= 4 is 5.91 Å². The van der Waals surface area contributed by atoms with Crippen LogP contribution in [0.5, 0.6) is 0 Å². The van der Waals surface area contributed by atoms with Crippen LogP contribution >= 0.6 is 0 Å². The van der Waals surface area contributed by atoms with Crippen LogP contribution in [-0.4, -0.2) is 46.9 Å². The van der Waals surface area contributed by atoms with Gasteiger partial charge in [0.1, 0.15) is 0 Å². The summed E-state index contributed by atoms with van der Waals surface area (Å²) < 4.78 is 0. The molecule has 0 aromatic heterocycles. The van der Waals surface area contributed by atoms with Crippen LogP contribution in [0.2, 0.25) is 0 Å². The highest BCUT2D eigenvalue weighted by Crippen LogP contribution is 2.40. The molecule has 0 aliphatic carbocycles. The Morgan fingerprint density at radius 3 is 2.12 bits per heavy atom. The first kappa shape index (κ1) is 11.9. The van der Waals surface area contributed by atoms with Crippen molar-refractivity contribution in [3.05, 3.63) is 0 Å². The van der Waals surface area contributed by atoms with Gasteiger partial charge < -0.3 is 4.90 Å². The Morgan fingerprint density at radius 1 is 1.12 bits per heavy atom. The molecule has 0 aromatic carbocycles. The number of carbonyl (C=O) groups is 1. The van der Waals surface area contributed by atoms with Gasteiger partial charge in [-0.25, -0.2) is 0 Å². The van der Waals surface area contributed by atoms with Gasteiger partial charge in [0.15, 0.2) is 0 Å². The maximum Gasteiger partial charge on any atom is 0.225 e. The highest BCUT2D eigenvalue weighted by atomic mass is 16.2. The van der Waals surface area contributed by atoms with Crippen molar-refractivity contribution in [3.8, 4) is 0 Å². The highest BCUT2D eigenvalue weighted by molar-refractivity contribution is 5.80. The molecule has 2 fully saturated rings. The Morgan fingerprint density at radius 2 is 1.75 bits per heavy atom. The summed E-state index contributed by atoms with van der Waals surface area (Å²) in [5, 5.41) is 0. The quantitative estimate of drug-likeness (QED) is 0.713. The molecule has 16 heavy (non-hydrogen) atoms. The van der Waals surface area contributed by atoms with Crippen LogP contribution in [-0.2, 0) is 4.79 Å². The summed E-state index contributed by atoms with van der Waals surface area (Å²) in [4.78, 5) is 16.7. The largest absolute Gasteiger partial charge is 0.335 e. The molecule has 2 aliphatic heterocycles. The van der Waals surface area contributed by atoms with E-state index in [1.807, 2.05) is 13.8 Å². The first-order valence-electron chi connectivity index (χ1n) is 6.52. The molecule has 1 spiro atoms. The molecule has 1 amide bonds. The van der Waals surface area contributed by atoms with Crippen LogP contribution in [0, 0.1) is 5.92 Å². The lowest BCUT2D eigenvalue weighted by atomic mass is 9.82. The number of hydrogen-bond donors (Lipinski definition) is 0. The normalized spacial score (nSPS) is 30.5. The zero-order valence-electron chi connectivity index (χ0n) is 11.0. The van der Waals surface area contributed by atoms with E-state index in [0.29, 0.717) is 11.9 Å². The molecule has 1 atom stereocenters. The molecule has 0 N–H and O–H groups in total. The number of nitrogens with zero attached hydrogens (tertiary/aromatic N) is 2. The van der Waals surface area contributed by atoms with Crippen molar-refractivity contribution in [1.82, 2.24) is 9.80 Å². The third kappa shape index (κ3) is 1.75. The van der Waals surface area contributed by atoms with Crippen LogP contribution in [0.15, 0.2) is 0 Å². The van der Waals surface area contributed by atoms with Gasteiger partial charge in [0, 0.05) is 31.6 Å². The Labute approximate surface area is 98.8 Å². The molecule has 2 saturated heterocycles. The first-order chi connectivity index (χ1) is 7.46. The van der Waals surface area contributed by atoms with E-state index in [0.717, 1.165) is 19.6 Å². The second-order valence-corrected chi connectivity index (χ2v) is 5.93. The second-order valence-electron chi connectivity index (χ2n) is 5.93. The van der Waals surface area contributed by atoms with E-state index in [9.17, 15) is 4.79 Å². The van der Waals surface area contributed by atoms with Gasteiger partial charge in [0.2, 0.25) is 5.91 Å². The average molecular weight is 224 g/mol. The molecule has 92 valence electrons. The minimum atomic E-state index is 0.144. The molecule has 1 unspecified atom stereocenters. The van der Waals surface area contributed by atoms with E-state index in [1.54, 1.807) is 0 Å². The number of rotatable bonds is 2. The average Bonchev–Trinajstić information content (AvgIpc) is 2.62. The fourth-order valence-corrected chi connectivity index (χ4v) is 2.95. The van der Waals surface area contributed by atoms with E-state index < -0.39 is 0 Å². The van der Waals surface area contributed by atoms with Crippen LogP contribution in [0.3, 0.4) is 0 Å². The number of hydrogen-bond acceptors (Lipinski definition) is 2. The van der Waals surface area contributed by atoms with Gasteiger partial charge in [0.05, 0.1) is 5.54 Å². The predicted molar refractivity (Wildman–Crippen MR) is 65.2 cm³/mol. The first-order valence-corrected chi connectivity index (χ1v) is 6.52. The van der Waals surface area contributed by atoms with E-state index in [2.05, 4.69) is 23.6 Å². The molecule has 2 aliphatic rings. The number of likely N-dealkylation sites (tertiary alicyclic amines) is 2. The summed E-state index contributed by atoms with van der Waals surface area (Å²) in [6.45, 7) is 11.7. The SMILES string of the molecule is CC(C)C(=O)N1CCC12CCN(C(C)C)C2. The predicted octanol–water partition coefficient (Wildman–Crippen LogP) is 1.73. The van der Waals surface area contributed by atoms with Crippen molar-refractivity contribution in [1.29, 1.82) is 0 Å². The van der Waals surface area contributed by atoms with Gasteiger partial charge in [-0.2, -0.15) is 0 Å². The van der Waals surface area contributed by atoms with E-state index >= 15 is 0 Å². The maximum atomic E-state index is 12.1. The summed E-state index contributed by atoms with van der Waals surface area (Å²) in [6, 6.07) is 0.607. The molecular weight excluding hydrogens is 200 g/mol. The zero-order valence-corrected chi connectivity index (χ0v) is 11.0. The summed E-state index contributed by atoms with van der Waals surface area (Å²) in [6.07, 6.45) is 2.37. The van der Waals surface area contributed by atoms with Crippen LogP contribution in [0.25, 0.3) is 0 Å². The van der Waals surface area contributed by atoms with Gasteiger partial charge in [0.25, 0.3) is 0 Å². The fourth-order valence-electron chi connectivity index (χ4n) is 2.95. The second kappa shape index (κ2) is 4.02. The third-order valence-electron chi connectivity index (χ3n) is 4.23. The van der Waals surface area contributed by atoms with E-state index in [1.165, 1.54) is 12.8 Å². The molecule has 0 saturated carbocycles.